The third kappa shape index (κ3) is 2.96. The second-order valence-corrected chi connectivity index (χ2v) is 7.06. The Balaban J connectivity index is 2.03. The molecule has 116 valence electrons. The number of ketones is 1. The summed E-state index contributed by atoms with van der Waals surface area (Å²) in [7, 11) is 3.93. The van der Waals surface area contributed by atoms with Crippen LogP contribution in [0.25, 0.3) is 10.9 Å². The number of hydrogen-bond acceptors (Lipinski definition) is 4. The van der Waals surface area contributed by atoms with Crippen LogP contribution in [0.3, 0.4) is 0 Å². The SMILES string of the molecule is CN(C)CCC(=O)c1ccc2[nH]c(=O)c3c(c2c1)CCSC3. The van der Waals surface area contributed by atoms with Crippen molar-refractivity contribution >= 4 is 28.4 Å². The predicted octanol–water partition coefficient (Wildman–Crippen LogP) is 2.45. The lowest BCUT2D eigenvalue weighted by Gasteiger charge is -2.17. The number of thioether (sulfide) groups is 1. The van der Waals surface area contributed by atoms with Crippen molar-refractivity contribution in [2.24, 2.45) is 0 Å². The number of nitrogens with one attached hydrogen (secondary N) is 1. The number of pyridine rings is 1. The standard InChI is InChI=1S/C17H20N2O2S/c1-19(2)7-5-16(20)11-3-4-15-13(9-11)12-6-8-22-10-14(12)17(21)18-15/h3-4,9H,5-8,10H2,1-2H3,(H,18,21). The number of carbonyl (C=O) groups excluding carboxylic acids is 1. The molecule has 0 bridgehead atoms. The molecule has 1 N–H and O–H groups in total. The summed E-state index contributed by atoms with van der Waals surface area (Å²) >= 11 is 1.79. The minimum atomic E-state index is 0.0152. The summed E-state index contributed by atoms with van der Waals surface area (Å²) in [5.41, 5.74) is 3.59. The van der Waals surface area contributed by atoms with E-state index in [0.29, 0.717) is 6.42 Å². The first-order chi connectivity index (χ1) is 10.6. The summed E-state index contributed by atoms with van der Waals surface area (Å²) < 4.78 is 0. The minimum absolute atomic E-state index is 0.0152. The van der Waals surface area contributed by atoms with E-state index < -0.39 is 0 Å². The largest absolute Gasteiger partial charge is 0.322 e. The summed E-state index contributed by atoms with van der Waals surface area (Å²) in [5, 5.41) is 1.03. The van der Waals surface area contributed by atoms with E-state index >= 15 is 0 Å². The maximum Gasteiger partial charge on any atom is 0.252 e. The summed E-state index contributed by atoms with van der Waals surface area (Å²) in [4.78, 5) is 29.4. The van der Waals surface area contributed by atoms with E-state index in [1.54, 1.807) is 11.8 Å². The lowest BCUT2D eigenvalue weighted by Crippen LogP contribution is -2.19. The number of Topliss-reactive ketones (excluding diaryl/α,β-unsaturated/α-hetero) is 1. The quantitative estimate of drug-likeness (QED) is 0.880. The highest BCUT2D eigenvalue weighted by Crippen LogP contribution is 2.28. The molecule has 1 aliphatic rings. The van der Waals surface area contributed by atoms with E-state index in [1.165, 1.54) is 0 Å². The molecule has 0 spiro atoms. The molecule has 0 aliphatic carbocycles. The average molecular weight is 316 g/mol. The Morgan fingerprint density at radius 2 is 2.14 bits per heavy atom. The smallest absolute Gasteiger partial charge is 0.252 e. The molecule has 0 saturated heterocycles. The number of aryl methyl sites for hydroxylation is 1. The summed E-state index contributed by atoms with van der Waals surface area (Å²) in [6.07, 6.45) is 1.41. The Morgan fingerprint density at radius 3 is 2.91 bits per heavy atom. The molecule has 5 heteroatoms. The van der Waals surface area contributed by atoms with Gasteiger partial charge in [-0.05, 0) is 50.0 Å². The predicted molar refractivity (Wildman–Crippen MR) is 91.9 cm³/mol. The number of rotatable bonds is 4. The molecular formula is C17H20N2O2S. The van der Waals surface area contributed by atoms with Gasteiger partial charge in [-0.25, -0.2) is 0 Å². The summed E-state index contributed by atoms with van der Waals surface area (Å²) in [6.45, 7) is 0.747. The minimum Gasteiger partial charge on any atom is -0.322 e. The monoisotopic (exact) mass is 316 g/mol. The Bertz CT molecular complexity index is 780. The van der Waals surface area contributed by atoms with E-state index in [4.69, 9.17) is 0 Å². The van der Waals surface area contributed by atoms with Gasteiger partial charge < -0.3 is 9.88 Å². The van der Waals surface area contributed by atoms with E-state index in [9.17, 15) is 9.59 Å². The molecule has 0 amide bonds. The van der Waals surface area contributed by atoms with Crippen LogP contribution in [-0.2, 0) is 12.2 Å². The van der Waals surface area contributed by atoms with Gasteiger partial charge in [-0.15, -0.1) is 0 Å². The highest BCUT2D eigenvalue weighted by atomic mass is 32.2. The molecule has 0 saturated carbocycles. The highest BCUT2D eigenvalue weighted by molar-refractivity contribution is 7.98. The molecule has 0 radical (unpaired) electrons. The van der Waals surface area contributed by atoms with Crippen molar-refractivity contribution in [2.75, 3.05) is 26.4 Å². The van der Waals surface area contributed by atoms with Crippen LogP contribution in [0.5, 0.6) is 0 Å². The first-order valence-electron chi connectivity index (χ1n) is 7.49. The van der Waals surface area contributed by atoms with Gasteiger partial charge in [0.05, 0.1) is 0 Å². The van der Waals surface area contributed by atoms with Crippen LogP contribution in [0.1, 0.15) is 27.9 Å². The van der Waals surface area contributed by atoms with E-state index in [2.05, 4.69) is 4.98 Å². The van der Waals surface area contributed by atoms with Crippen LogP contribution in [0.2, 0.25) is 0 Å². The number of carbonyl (C=O) groups is 1. The van der Waals surface area contributed by atoms with Crippen LogP contribution in [0, 0.1) is 0 Å². The average Bonchev–Trinajstić information content (AvgIpc) is 2.52. The van der Waals surface area contributed by atoms with Crippen molar-refractivity contribution in [1.29, 1.82) is 0 Å². The molecule has 1 aromatic heterocycles. The second kappa shape index (κ2) is 6.26. The summed E-state index contributed by atoms with van der Waals surface area (Å²) in [5.74, 6) is 1.95. The molecule has 3 rings (SSSR count). The Hall–Kier alpha value is -1.59. The highest BCUT2D eigenvalue weighted by Gasteiger charge is 2.17. The molecule has 0 atom stereocenters. The zero-order valence-corrected chi connectivity index (χ0v) is 13.8. The van der Waals surface area contributed by atoms with E-state index in [-0.39, 0.29) is 11.3 Å². The van der Waals surface area contributed by atoms with Gasteiger partial charge in [0.2, 0.25) is 0 Å². The zero-order chi connectivity index (χ0) is 15.7. The van der Waals surface area contributed by atoms with Crippen LogP contribution < -0.4 is 5.56 Å². The summed E-state index contributed by atoms with van der Waals surface area (Å²) in [6, 6.07) is 5.64. The second-order valence-electron chi connectivity index (χ2n) is 5.95. The van der Waals surface area contributed by atoms with Crippen LogP contribution in [0.4, 0.5) is 0 Å². The van der Waals surface area contributed by atoms with Crippen LogP contribution in [0.15, 0.2) is 23.0 Å². The van der Waals surface area contributed by atoms with Crippen LogP contribution in [-0.4, -0.2) is 42.1 Å². The van der Waals surface area contributed by atoms with Gasteiger partial charge in [-0.1, -0.05) is 0 Å². The van der Waals surface area contributed by atoms with Gasteiger partial charge in [-0.3, -0.25) is 9.59 Å². The first kappa shape index (κ1) is 15.3. The van der Waals surface area contributed by atoms with Crippen molar-refractivity contribution in [1.82, 2.24) is 9.88 Å². The fourth-order valence-corrected chi connectivity index (χ4v) is 3.83. The van der Waals surface area contributed by atoms with Gasteiger partial charge >= 0.3 is 0 Å². The first-order valence-corrected chi connectivity index (χ1v) is 8.65. The third-order valence-corrected chi connectivity index (χ3v) is 5.07. The van der Waals surface area contributed by atoms with Crippen LogP contribution >= 0.6 is 11.8 Å². The third-order valence-electron chi connectivity index (χ3n) is 4.08. The van der Waals surface area contributed by atoms with Gasteiger partial charge in [0.25, 0.3) is 5.56 Å². The molecular weight excluding hydrogens is 296 g/mol. The molecule has 2 heterocycles. The zero-order valence-electron chi connectivity index (χ0n) is 12.9. The lowest BCUT2D eigenvalue weighted by molar-refractivity contribution is 0.0972. The number of H-pyrrole nitrogens is 1. The fourth-order valence-electron chi connectivity index (χ4n) is 2.83. The number of aromatic amines is 1. The number of fused-ring (bicyclic) bond motifs is 3. The fraction of sp³-hybridized carbons (Fsp3) is 0.412. The molecule has 0 unspecified atom stereocenters. The number of hydrogen-bond donors (Lipinski definition) is 1. The van der Waals surface area contributed by atoms with E-state index in [0.717, 1.165) is 52.1 Å². The normalized spacial score (nSPS) is 14.3. The van der Waals surface area contributed by atoms with Gasteiger partial charge in [-0.2, -0.15) is 11.8 Å². The lowest BCUT2D eigenvalue weighted by atomic mass is 9.98. The Kier molecular flexibility index (Phi) is 4.36. The van der Waals surface area contributed by atoms with Gasteiger partial charge in [0.15, 0.2) is 5.78 Å². The number of nitrogens with zero attached hydrogens (tertiary/aromatic N) is 1. The molecule has 22 heavy (non-hydrogen) atoms. The number of aromatic nitrogens is 1. The molecule has 1 aromatic carbocycles. The Labute approximate surface area is 133 Å². The maximum atomic E-state index is 12.3. The topological polar surface area (TPSA) is 53.2 Å². The maximum absolute atomic E-state index is 12.3. The molecule has 0 fully saturated rings. The molecule has 2 aromatic rings. The molecule has 4 nitrogen and oxygen atoms in total. The molecule has 1 aliphatic heterocycles. The van der Waals surface area contributed by atoms with Crippen molar-refractivity contribution in [3.05, 3.63) is 45.2 Å². The van der Waals surface area contributed by atoms with Crippen molar-refractivity contribution in [2.45, 2.75) is 18.6 Å². The van der Waals surface area contributed by atoms with Crippen molar-refractivity contribution < 1.29 is 4.79 Å². The van der Waals surface area contributed by atoms with Gasteiger partial charge in [0, 0.05) is 40.7 Å². The van der Waals surface area contributed by atoms with Crippen molar-refractivity contribution in [3.8, 4) is 0 Å². The number of benzene rings is 1. The van der Waals surface area contributed by atoms with E-state index in [1.807, 2.05) is 37.2 Å². The Morgan fingerprint density at radius 1 is 1.32 bits per heavy atom. The van der Waals surface area contributed by atoms with Gasteiger partial charge in [0.1, 0.15) is 0 Å². The van der Waals surface area contributed by atoms with Crippen molar-refractivity contribution in [3.63, 3.8) is 0 Å².